The molecule has 0 fully saturated rings. The monoisotopic (exact) mass is 287 g/mol. The Hall–Kier alpha value is -2.56. The Kier molecular flexibility index (Phi) is 4.42. The molecule has 21 heavy (non-hydrogen) atoms. The average molecular weight is 287 g/mol. The van der Waals surface area contributed by atoms with Crippen molar-refractivity contribution in [2.24, 2.45) is 0 Å². The molecule has 110 valence electrons. The highest BCUT2D eigenvalue weighted by Crippen LogP contribution is 2.14. The average Bonchev–Trinajstić information content (AvgIpc) is 2.90. The van der Waals surface area contributed by atoms with E-state index in [-0.39, 0.29) is 12.2 Å². The van der Waals surface area contributed by atoms with Crippen LogP contribution in [0.5, 0.6) is 0 Å². The molecular weight excluding hydrogens is 270 g/mol. The molecule has 2 rings (SSSR count). The first-order valence-corrected chi connectivity index (χ1v) is 6.59. The fourth-order valence-corrected chi connectivity index (χ4v) is 2.09. The highest BCUT2D eigenvalue weighted by Gasteiger charge is 2.28. The Labute approximate surface area is 122 Å². The molecule has 0 saturated carbocycles. The van der Waals surface area contributed by atoms with Gasteiger partial charge >= 0.3 is 5.97 Å². The number of amides is 1. The standard InChI is InChI=1S/C16H17NO4/c1-11-8-9-14(21-11)15(18)17(2)13(16(19)20)10-12-6-4-3-5-7-12/h3-9,13H,10H2,1-2H3,(H,19,20). The normalized spacial score (nSPS) is 11.9. The number of carboxylic acids is 1. The molecule has 5 nitrogen and oxygen atoms in total. The first-order chi connectivity index (χ1) is 9.99. The maximum absolute atomic E-state index is 12.3. The van der Waals surface area contributed by atoms with Crippen LogP contribution in [0.2, 0.25) is 0 Å². The van der Waals surface area contributed by atoms with Crippen LogP contribution >= 0.6 is 0 Å². The number of nitrogens with zero attached hydrogens (tertiary/aromatic N) is 1. The zero-order valence-corrected chi connectivity index (χ0v) is 11.9. The van der Waals surface area contributed by atoms with E-state index in [1.54, 1.807) is 19.1 Å². The van der Waals surface area contributed by atoms with E-state index in [0.29, 0.717) is 5.76 Å². The van der Waals surface area contributed by atoms with Crippen LogP contribution in [0.15, 0.2) is 46.9 Å². The van der Waals surface area contributed by atoms with Crippen molar-refractivity contribution >= 4 is 11.9 Å². The fraction of sp³-hybridized carbons (Fsp3) is 0.250. The van der Waals surface area contributed by atoms with Gasteiger partial charge in [-0.1, -0.05) is 30.3 Å². The van der Waals surface area contributed by atoms with Crippen LogP contribution in [0.4, 0.5) is 0 Å². The maximum Gasteiger partial charge on any atom is 0.326 e. The topological polar surface area (TPSA) is 70.8 Å². The molecule has 5 heteroatoms. The van der Waals surface area contributed by atoms with E-state index < -0.39 is 17.9 Å². The molecule has 0 aliphatic heterocycles. The summed E-state index contributed by atoms with van der Waals surface area (Å²) in [5.74, 6) is -0.722. The van der Waals surface area contributed by atoms with Gasteiger partial charge < -0.3 is 14.4 Å². The zero-order chi connectivity index (χ0) is 15.4. The van der Waals surface area contributed by atoms with Crippen molar-refractivity contribution in [1.82, 2.24) is 4.90 Å². The summed E-state index contributed by atoms with van der Waals surface area (Å²) >= 11 is 0. The van der Waals surface area contributed by atoms with Crippen molar-refractivity contribution in [3.05, 3.63) is 59.5 Å². The number of likely N-dealkylation sites (N-methyl/N-ethyl adjacent to an activating group) is 1. The van der Waals surface area contributed by atoms with Gasteiger partial charge in [0, 0.05) is 13.5 Å². The molecule has 0 bridgehead atoms. The number of hydrogen-bond donors (Lipinski definition) is 1. The number of carbonyl (C=O) groups is 2. The maximum atomic E-state index is 12.3. The van der Waals surface area contributed by atoms with Gasteiger partial charge in [-0.05, 0) is 24.6 Å². The lowest BCUT2D eigenvalue weighted by Gasteiger charge is -2.24. The molecule has 1 heterocycles. The molecule has 1 N–H and O–H groups in total. The van der Waals surface area contributed by atoms with Gasteiger partial charge in [0.15, 0.2) is 5.76 Å². The molecule has 0 aliphatic carbocycles. The summed E-state index contributed by atoms with van der Waals surface area (Å²) < 4.78 is 5.26. The van der Waals surface area contributed by atoms with Gasteiger partial charge in [-0.3, -0.25) is 4.79 Å². The van der Waals surface area contributed by atoms with E-state index in [1.807, 2.05) is 30.3 Å². The Morgan fingerprint density at radius 2 is 1.86 bits per heavy atom. The number of furan rings is 1. The molecule has 2 aromatic rings. The molecule has 1 amide bonds. The van der Waals surface area contributed by atoms with Gasteiger partial charge in [-0.15, -0.1) is 0 Å². The minimum atomic E-state index is -1.04. The highest BCUT2D eigenvalue weighted by atomic mass is 16.4. The molecule has 0 aliphatic rings. The van der Waals surface area contributed by atoms with E-state index in [9.17, 15) is 14.7 Å². The van der Waals surface area contributed by atoms with Gasteiger partial charge in [0.25, 0.3) is 5.91 Å². The molecule has 1 aromatic heterocycles. The van der Waals surface area contributed by atoms with Gasteiger partial charge in [-0.2, -0.15) is 0 Å². The van der Waals surface area contributed by atoms with Crippen LogP contribution in [0.25, 0.3) is 0 Å². The second kappa shape index (κ2) is 6.26. The summed E-state index contributed by atoms with van der Waals surface area (Å²) in [7, 11) is 1.47. The van der Waals surface area contributed by atoms with Crippen LogP contribution in [-0.4, -0.2) is 35.0 Å². The van der Waals surface area contributed by atoms with Gasteiger partial charge in [0.2, 0.25) is 0 Å². The third-order valence-corrected chi connectivity index (χ3v) is 3.30. The van der Waals surface area contributed by atoms with Crippen LogP contribution in [0, 0.1) is 6.92 Å². The second-order valence-corrected chi connectivity index (χ2v) is 4.87. The van der Waals surface area contributed by atoms with Crippen molar-refractivity contribution in [1.29, 1.82) is 0 Å². The summed E-state index contributed by atoms with van der Waals surface area (Å²) in [6.07, 6.45) is 0.248. The predicted octanol–water partition coefficient (Wildman–Crippen LogP) is 2.36. The number of hydrogen-bond acceptors (Lipinski definition) is 3. The van der Waals surface area contributed by atoms with Crippen LogP contribution in [0.1, 0.15) is 21.9 Å². The summed E-state index contributed by atoms with van der Waals surface area (Å²) in [5, 5.41) is 9.38. The SMILES string of the molecule is Cc1ccc(C(=O)N(C)C(Cc2ccccc2)C(=O)O)o1. The highest BCUT2D eigenvalue weighted by molar-refractivity contribution is 5.94. The summed E-state index contributed by atoms with van der Waals surface area (Å²) in [6.45, 7) is 1.73. The third kappa shape index (κ3) is 3.51. The third-order valence-electron chi connectivity index (χ3n) is 3.30. The zero-order valence-electron chi connectivity index (χ0n) is 11.9. The first kappa shape index (κ1) is 14.8. The van der Waals surface area contributed by atoms with Crippen molar-refractivity contribution in [3.8, 4) is 0 Å². The first-order valence-electron chi connectivity index (χ1n) is 6.59. The summed E-state index contributed by atoms with van der Waals surface area (Å²) in [5.41, 5.74) is 0.861. The molecule has 0 radical (unpaired) electrons. The van der Waals surface area contributed by atoms with Crippen molar-refractivity contribution in [2.75, 3.05) is 7.05 Å². The van der Waals surface area contributed by atoms with Crippen molar-refractivity contribution in [3.63, 3.8) is 0 Å². The Morgan fingerprint density at radius 3 is 2.38 bits per heavy atom. The lowest BCUT2D eigenvalue weighted by molar-refractivity contribution is -0.141. The number of carbonyl (C=O) groups excluding carboxylic acids is 1. The van der Waals surface area contributed by atoms with E-state index >= 15 is 0 Å². The van der Waals surface area contributed by atoms with Crippen LogP contribution in [-0.2, 0) is 11.2 Å². The minimum Gasteiger partial charge on any atom is -0.480 e. The molecule has 1 atom stereocenters. The molecule has 0 spiro atoms. The number of rotatable bonds is 5. The Morgan fingerprint density at radius 1 is 1.19 bits per heavy atom. The molecule has 1 unspecified atom stereocenters. The van der Waals surface area contributed by atoms with Crippen molar-refractivity contribution in [2.45, 2.75) is 19.4 Å². The quantitative estimate of drug-likeness (QED) is 0.916. The smallest absolute Gasteiger partial charge is 0.326 e. The van der Waals surface area contributed by atoms with Crippen LogP contribution in [0.3, 0.4) is 0 Å². The Bertz CT molecular complexity index is 633. The Balaban J connectivity index is 2.18. The number of aliphatic carboxylic acids is 1. The van der Waals surface area contributed by atoms with E-state index in [0.717, 1.165) is 5.56 Å². The van der Waals surface area contributed by atoms with Gasteiger partial charge in [0.1, 0.15) is 11.8 Å². The van der Waals surface area contributed by atoms with E-state index in [2.05, 4.69) is 0 Å². The van der Waals surface area contributed by atoms with Gasteiger partial charge in [0.05, 0.1) is 0 Å². The summed E-state index contributed by atoms with van der Waals surface area (Å²) in [6, 6.07) is 11.5. The van der Waals surface area contributed by atoms with E-state index in [1.165, 1.54) is 11.9 Å². The molecule has 0 saturated heterocycles. The predicted molar refractivity (Wildman–Crippen MR) is 77.1 cm³/mol. The number of benzene rings is 1. The molecule has 1 aromatic carbocycles. The van der Waals surface area contributed by atoms with Gasteiger partial charge in [-0.25, -0.2) is 4.79 Å². The number of carboxylic acid groups (broad SMARTS) is 1. The lowest BCUT2D eigenvalue weighted by atomic mass is 10.0. The van der Waals surface area contributed by atoms with Crippen LogP contribution < -0.4 is 0 Å². The fourth-order valence-electron chi connectivity index (χ4n) is 2.09. The largest absolute Gasteiger partial charge is 0.480 e. The summed E-state index contributed by atoms with van der Waals surface area (Å²) in [4.78, 5) is 24.9. The second-order valence-electron chi connectivity index (χ2n) is 4.87. The number of aryl methyl sites for hydroxylation is 1. The molecular formula is C16H17NO4. The minimum absolute atomic E-state index is 0.148. The lowest BCUT2D eigenvalue weighted by Crippen LogP contribution is -2.43. The van der Waals surface area contributed by atoms with E-state index in [4.69, 9.17) is 4.42 Å². The van der Waals surface area contributed by atoms with Crippen molar-refractivity contribution < 1.29 is 19.1 Å².